The highest BCUT2D eigenvalue weighted by molar-refractivity contribution is 5.78. The van der Waals surface area contributed by atoms with Crippen LogP contribution >= 0.6 is 0 Å². The lowest BCUT2D eigenvalue weighted by Gasteiger charge is -2.18. The summed E-state index contributed by atoms with van der Waals surface area (Å²) in [6, 6.07) is 6.42. The van der Waals surface area contributed by atoms with Crippen LogP contribution in [0.3, 0.4) is 0 Å². The molecule has 1 fully saturated rings. The van der Waals surface area contributed by atoms with Gasteiger partial charge < -0.3 is 10.4 Å². The van der Waals surface area contributed by atoms with Gasteiger partial charge >= 0.3 is 5.97 Å². The maximum Gasteiger partial charge on any atom is 0.303 e. The molecule has 1 amide bonds. The molecule has 4 nitrogen and oxygen atoms in total. The summed E-state index contributed by atoms with van der Waals surface area (Å²) in [6.07, 6.45) is 1.87. The predicted octanol–water partition coefficient (Wildman–Crippen LogP) is 2.19. The standard InChI is InChI=1S/C14H16FNO3/c15-11-5-2-1-4-10(11)14(8-9-14)16-12(17)6-3-7-13(18)19/h1-2,4-5H,3,6-9H2,(H,16,17)(H,18,19). The minimum Gasteiger partial charge on any atom is -0.481 e. The summed E-state index contributed by atoms with van der Waals surface area (Å²) in [4.78, 5) is 22.1. The third-order valence-electron chi connectivity index (χ3n) is 3.31. The molecule has 2 rings (SSSR count). The van der Waals surface area contributed by atoms with Gasteiger partial charge in [-0.1, -0.05) is 18.2 Å². The summed E-state index contributed by atoms with van der Waals surface area (Å²) in [5.41, 5.74) is -0.0624. The van der Waals surface area contributed by atoms with Crippen LogP contribution in [0.5, 0.6) is 0 Å². The first-order chi connectivity index (χ1) is 9.03. The van der Waals surface area contributed by atoms with Crippen LogP contribution in [0.1, 0.15) is 37.7 Å². The first-order valence-electron chi connectivity index (χ1n) is 6.31. The summed E-state index contributed by atoms with van der Waals surface area (Å²) < 4.78 is 13.7. The smallest absolute Gasteiger partial charge is 0.303 e. The molecule has 102 valence electrons. The second kappa shape index (κ2) is 5.38. The van der Waals surface area contributed by atoms with E-state index in [1.807, 2.05) is 0 Å². The highest BCUT2D eigenvalue weighted by atomic mass is 19.1. The Balaban J connectivity index is 1.93. The Morgan fingerprint density at radius 3 is 2.53 bits per heavy atom. The normalized spacial score (nSPS) is 15.8. The van der Waals surface area contributed by atoms with Crippen molar-refractivity contribution in [1.29, 1.82) is 0 Å². The number of amides is 1. The first kappa shape index (κ1) is 13.5. The predicted molar refractivity (Wildman–Crippen MR) is 66.9 cm³/mol. The average Bonchev–Trinajstić information content (AvgIpc) is 3.09. The van der Waals surface area contributed by atoms with Gasteiger partial charge in [0.15, 0.2) is 0 Å². The van der Waals surface area contributed by atoms with Gasteiger partial charge in [-0.2, -0.15) is 0 Å². The Kier molecular flexibility index (Phi) is 3.83. The second-order valence-electron chi connectivity index (χ2n) is 4.86. The van der Waals surface area contributed by atoms with Gasteiger partial charge in [0, 0.05) is 18.4 Å². The molecule has 0 spiro atoms. The second-order valence-corrected chi connectivity index (χ2v) is 4.86. The number of rotatable bonds is 6. The van der Waals surface area contributed by atoms with Crippen molar-refractivity contribution in [3.05, 3.63) is 35.6 Å². The van der Waals surface area contributed by atoms with E-state index in [4.69, 9.17) is 5.11 Å². The molecule has 0 atom stereocenters. The van der Waals surface area contributed by atoms with Crippen LogP contribution in [0.15, 0.2) is 24.3 Å². The molecule has 5 heteroatoms. The topological polar surface area (TPSA) is 66.4 Å². The Morgan fingerprint density at radius 2 is 1.95 bits per heavy atom. The molecule has 0 heterocycles. The number of aliphatic carboxylic acids is 1. The van der Waals surface area contributed by atoms with Crippen molar-refractivity contribution in [3.8, 4) is 0 Å². The largest absolute Gasteiger partial charge is 0.481 e. The maximum atomic E-state index is 13.7. The van der Waals surface area contributed by atoms with E-state index in [1.54, 1.807) is 18.2 Å². The minimum absolute atomic E-state index is 0.0277. The Morgan fingerprint density at radius 1 is 1.26 bits per heavy atom. The molecule has 1 saturated carbocycles. The number of hydrogen-bond acceptors (Lipinski definition) is 2. The van der Waals surface area contributed by atoms with Crippen LogP contribution in [0.4, 0.5) is 4.39 Å². The van der Waals surface area contributed by atoms with E-state index in [9.17, 15) is 14.0 Å². The highest BCUT2D eigenvalue weighted by Crippen LogP contribution is 2.46. The van der Waals surface area contributed by atoms with Crippen LogP contribution in [0.2, 0.25) is 0 Å². The van der Waals surface area contributed by atoms with Gasteiger partial charge in [-0.25, -0.2) is 4.39 Å². The zero-order chi connectivity index (χ0) is 13.9. The molecule has 0 saturated heterocycles. The van der Waals surface area contributed by atoms with Gasteiger partial charge in [0.25, 0.3) is 0 Å². The molecular weight excluding hydrogens is 249 g/mol. The number of benzene rings is 1. The zero-order valence-electron chi connectivity index (χ0n) is 10.5. The number of hydrogen-bond donors (Lipinski definition) is 2. The third kappa shape index (κ3) is 3.30. The molecule has 1 aromatic carbocycles. The van der Waals surface area contributed by atoms with Gasteiger partial charge in [-0.15, -0.1) is 0 Å². The Labute approximate surface area is 110 Å². The molecule has 0 radical (unpaired) electrons. The number of nitrogens with one attached hydrogen (secondary N) is 1. The SMILES string of the molecule is O=C(O)CCCC(=O)NC1(c2ccccc2F)CC1. The van der Waals surface area contributed by atoms with Crippen molar-refractivity contribution in [2.45, 2.75) is 37.6 Å². The number of carboxylic acid groups (broad SMARTS) is 1. The third-order valence-corrected chi connectivity index (χ3v) is 3.31. The average molecular weight is 265 g/mol. The van der Waals surface area contributed by atoms with Gasteiger partial charge in [-0.3, -0.25) is 9.59 Å². The molecule has 0 aliphatic heterocycles. The van der Waals surface area contributed by atoms with Gasteiger partial charge in [-0.05, 0) is 25.3 Å². The minimum atomic E-state index is -0.914. The van der Waals surface area contributed by atoms with E-state index >= 15 is 0 Å². The van der Waals surface area contributed by atoms with Crippen molar-refractivity contribution in [2.75, 3.05) is 0 Å². The molecule has 19 heavy (non-hydrogen) atoms. The van der Waals surface area contributed by atoms with Crippen LogP contribution in [0, 0.1) is 5.82 Å². The summed E-state index contributed by atoms with van der Waals surface area (Å²) in [6.45, 7) is 0. The zero-order valence-corrected chi connectivity index (χ0v) is 10.5. The van der Waals surface area contributed by atoms with Crippen LogP contribution in [0.25, 0.3) is 0 Å². The van der Waals surface area contributed by atoms with E-state index in [-0.39, 0.29) is 24.6 Å². The molecule has 2 N–H and O–H groups in total. The number of halogens is 1. The van der Waals surface area contributed by atoms with Crippen molar-refractivity contribution < 1.29 is 19.1 Å². The number of carbonyl (C=O) groups excluding carboxylic acids is 1. The molecular formula is C14H16FNO3. The van der Waals surface area contributed by atoms with Crippen LogP contribution < -0.4 is 5.32 Å². The maximum absolute atomic E-state index is 13.7. The van der Waals surface area contributed by atoms with E-state index in [2.05, 4.69) is 5.32 Å². The van der Waals surface area contributed by atoms with Crippen molar-refractivity contribution >= 4 is 11.9 Å². The molecule has 0 unspecified atom stereocenters. The monoisotopic (exact) mass is 265 g/mol. The number of carboxylic acids is 1. The lowest BCUT2D eigenvalue weighted by atomic mass is 10.0. The quantitative estimate of drug-likeness (QED) is 0.828. The van der Waals surface area contributed by atoms with Gasteiger partial charge in [0.2, 0.25) is 5.91 Å². The molecule has 1 aromatic rings. The van der Waals surface area contributed by atoms with Crippen molar-refractivity contribution in [1.82, 2.24) is 5.32 Å². The summed E-state index contributed by atoms with van der Waals surface area (Å²) in [5.74, 6) is -1.45. The molecule has 1 aliphatic carbocycles. The fourth-order valence-electron chi connectivity index (χ4n) is 2.17. The van der Waals surface area contributed by atoms with Gasteiger partial charge in [0.1, 0.15) is 5.82 Å². The summed E-state index contributed by atoms with van der Waals surface area (Å²) in [5, 5.41) is 11.3. The lowest BCUT2D eigenvalue weighted by Crippen LogP contribution is -2.35. The Hall–Kier alpha value is -1.91. The fourth-order valence-corrected chi connectivity index (χ4v) is 2.17. The summed E-state index contributed by atoms with van der Waals surface area (Å²) >= 11 is 0. The van der Waals surface area contributed by atoms with E-state index < -0.39 is 11.5 Å². The van der Waals surface area contributed by atoms with E-state index in [0.717, 1.165) is 12.8 Å². The molecule has 0 aromatic heterocycles. The fraction of sp³-hybridized carbons (Fsp3) is 0.429. The van der Waals surface area contributed by atoms with Crippen LogP contribution in [-0.2, 0) is 15.1 Å². The number of carbonyl (C=O) groups is 2. The van der Waals surface area contributed by atoms with Crippen molar-refractivity contribution in [3.63, 3.8) is 0 Å². The molecule has 0 bridgehead atoms. The van der Waals surface area contributed by atoms with Gasteiger partial charge in [0.05, 0.1) is 5.54 Å². The lowest BCUT2D eigenvalue weighted by molar-refractivity contribution is -0.137. The van der Waals surface area contributed by atoms with Crippen molar-refractivity contribution in [2.24, 2.45) is 0 Å². The Bertz CT molecular complexity index is 497. The van der Waals surface area contributed by atoms with E-state index in [1.165, 1.54) is 6.07 Å². The van der Waals surface area contributed by atoms with E-state index in [0.29, 0.717) is 12.0 Å². The summed E-state index contributed by atoms with van der Waals surface area (Å²) in [7, 11) is 0. The highest BCUT2D eigenvalue weighted by Gasteiger charge is 2.47. The first-order valence-corrected chi connectivity index (χ1v) is 6.31. The molecule has 1 aliphatic rings. The van der Waals surface area contributed by atoms with Crippen LogP contribution in [-0.4, -0.2) is 17.0 Å².